The molecule has 0 spiro atoms. The Bertz CT molecular complexity index is 1170. The molecule has 0 fully saturated rings. The molecule has 2 heteroatoms. The molecular weight excluding hydrogens is 304 g/mol. The van der Waals surface area contributed by atoms with E-state index in [0.717, 1.165) is 22.6 Å². The number of rotatable bonds is 2. The van der Waals surface area contributed by atoms with Crippen molar-refractivity contribution >= 4 is 16.4 Å². The lowest BCUT2D eigenvalue weighted by atomic mass is 10.0. The van der Waals surface area contributed by atoms with Crippen LogP contribution in [0.5, 0.6) is 0 Å². The van der Waals surface area contributed by atoms with Gasteiger partial charge in [0.25, 0.3) is 0 Å². The minimum Gasteiger partial charge on any atom is -0.298 e. The molecule has 0 aliphatic carbocycles. The van der Waals surface area contributed by atoms with E-state index >= 15 is 0 Å². The van der Waals surface area contributed by atoms with E-state index in [1.54, 1.807) is 0 Å². The standard InChI is InChI=1S/C23H16N2/c1-3-9-17(10-4-1)22-23(18-11-5-2-6-12-18)25-16-20-14-8-7-13-19(20)15-21(25)24-22/h1-16H. The van der Waals surface area contributed by atoms with E-state index in [-0.39, 0.29) is 0 Å². The molecule has 0 saturated carbocycles. The maximum absolute atomic E-state index is 4.97. The van der Waals surface area contributed by atoms with Crippen LogP contribution in [0.3, 0.4) is 0 Å². The van der Waals surface area contributed by atoms with Gasteiger partial charge in [-0.05, 0) is 16.8 Å². The first-order valence-corrected chi connectivity index (χ1v) is 8.42. The summed E-state index contributed by atoms with van der Waals surface area (Å²) in [6.07, 6.45) is 2.19. The molecule has 0 aliphatic rings. The van der Waals surface area contributed by atoms with Crippen molar-refractivity contribution in [3.63, 3.8) is 0 Å². The molecule has 5 rings (SSSR count). The maximum Gasteiger partial charge on any atom is 0.138 e. The monoisotopic (exact) mass is 320 g/mol. The van der Waals surface area contributed by atoms with Crippen molar-refractivity contribution in [3.05, 3.63) is 97.2 Å². The fourth-order valence-electron chi connectivity index (χ4n) is 3.39. The molecule has 0 unspecified atom stereocenters. The highest BCUT2D eigenvalue weighted by molar-refractivity contribution is 5.89. The van der Waals surface area contributed by atoms with Crippen molar-refractivity contribution in [1.29, 1.82) is 0 Å². The first-order valence-electron chi connectivity index (χ1n) is 8.42. The highest BCUT2D eigenvalue weighted by Crippen LogP contribution is 2.33. The number of imidazole rings is 1. The van der Waals surface area contributed by atoms with Gasteiger partial charge in [-0.1, -0.05) is 84.9 Å². The average molecular weight is 320 g/mol. The molecular formula is C23H16N2. The van der Waals surface area contributed by atoms with Gasteiger partial charge in [0.1, 0.15) is 5.65 Å². The van der Waals surface area contributed by atoms with Gasteiger partial charge in [-0.15, -0.1) is 0 Å². The summed E-state index contributed by atoms with van der Waals surface area (Å²) < 4.78 is 2.21. The summed E-state index contributed by atoms with van der Waals surface area (Å²) in [6, 6.07) is 31.5. The molecule has 118 valence electrons. The SMILES string of the molecule is c1ccc(-c2nc3cc4ccccc4cn3c2-c2ccccc2)cc1. The molecule has 25 heavy (non-hydrogen) atoms. The first kappa shape index (κ1) is 14.0. The molecule has 3 aromatic carbocycles. The number of aromatic nitrogens is 2. The summed E-state index contributed by atoms with van der Waals surface area (Å²) in [5, 5.41) is 2.42. The molecule has 0 aliphatic heterocycles. The third-order valence-corrected chi connectivity index (χ3v) is 4.58. The molecule has 0 amide bonds. The summed E-state index contributed by atoms with van der Waals surface area (Å²) >= 11 is 0. The predicted molar refractivity (Wildman–Crippen MR) is 104 cm³/mol. The predicted octanol–water partition coefficient (Wildman–Crippen LogP) is 5.82. The van der Waals surface area contributed by atoms with Crippen LogP contribution in [0.4, 0.5) is 0 Å². The Morgan fingerprint density at radius 1 is 0.600 bits per heavy atom. The van der Waals surface area contributed by atoms with Gasteiger partial charge >= 0.3 is 0 Å². The summed E-state index contributed by atoms with van der Waals surface area (Å²) in [5.41, 5.74) is 5.42. The molecule has 0 atom stereocenters. The van der Waals surface area contributed by atoms with Gasteiger partial charge in [0.05, 0.1) is 11.4 Å². The Labute approximate surface area is 146 Å². The minimum atomic E-state index is 0.969. The quantitative estimate of drug-likeness (QED) is 0.400. The fourth-order valence-corrected chi connectivity index (χ4v) is 3.39. The van der Waals surface area contributed by atoms with Crippen molar-refractivity contribution in [1.82, 2.24) is 9.38 Å². The van der Waals surface area contributed by atoms with Crippen LogP contribution >= 0.6 is 0 Å². The summed E-state index contributed by atoms with van der Waals surface area (Å²) in [6.45, 7) is 0. The Hall–Kier alpha value is -3.39. The van der Waals surface area contributed by atoms with Crippen LogP contribution in [0.2, 0.25) is 0 Å². The van der Waals surface area contributed by atoms with Crippen LogP contribution in [0.25, 0.3) is 38.9 Å². The number of pyridine rings is 1. The van der Waals surface area contributed by atoms with E-state index in [4.69, 9.17) is 4.98 Å². The van der Waals surface area contributed by atoms with Crippen molar-refractivity contribution in [2.75, 3.05) is 0 Å². The van der Waals surface area contributed by atoms with Crippen LogP contribution in [0.15, 0.2) is 97.2 Å². The van der Waals surface area contributed by atoms with Gasteiger partial charge in [-0.2, -0.15) is 0 Å². The number of fused-ring (bicyclic) bond motifs is 2. The van der Waals surface area contributed by atoms with Crippen LogP contribution in [0.1, 0.15) is 0 Å². The fraction of sp³-hybridized carbons (Fsp3) is 0. The maximum atomic E-state index is 4.97. The zero-order valence-electron chi connectivity index (χ0n) is 13.6. The molecule has 0 radical (unpaired) electrons. The minimum absolute atomic E-state index is 0.969. The Morgan fingerprint density at radius 3 is 1.92 bits per heavy atom. The van der Waals surface area contributed by atoms with Gasteiger partial charge in [0.15, 0.2) is 0 Å². The van der Waals surface area contributed by atoms with Crippen LogP contribution in [0, 0.1) is 0 Å². The molecule has 0 N–H and O–H groups in total. The second-order valence-corrected chi connectivity index (χ2v) is 6.17. The van der Waals surface area contributed by atoms with Gasteiger partial charge in [-0.3, -0.25) is 4.40 Å². The lowest BCUT2D eigenvalue weighted by Crippen LogP contribution is -1.90. The van der Waals surface area contributed by atoms with Crippen LogP contribution < -0.4 is 0 Å². The zero-order valence-corrected chi connectivity index (χ0v) is 13.6. The van der Waals surface area contributed by atoms with Crippen LogP contribution in [-0.4, -0.2) is 9.38 Å². The molecule has 0 saturated heterocycles. The molecule has 0 bridgehead atoms. The third kappa shape index (κ3) is 2.31. The van der Waals surface area contributed by atoms with Gasteiger partial charge < -0.3 is 0 Å². The summed E-state index contributed by atoms with van der Waals surface area (Å²) in [5.74, 6) is 0. The summed E-state index contributed by atoms with van der Waals surface area (Å²) in [7, 11) is 0. The van der Waals surface area contributed by atoms with Crippen molar-refractivity contribution in [3.8, 4) is 22.5 Å². The van der Waals surface area contributed by atoms with E-state index in [0.29, 0.717) is 0 Å². The second kappa shape index (κ2) is 5.60. The molecule has 2 nitrogen and oxygen atoms in total. The third-order valence-electron chi connectivity index (χ3n) is 4.58. The van der Waals surface area contributed by atoms with Crippen LogP contribution in [-0.2, 0) is 0 Å². The van der Waals surface area contributed by atoms with Crippen molar-refractivity contribution in [2.24, 2.45) is 0 Å². The lowest BCUT2D eigenvalue weighted by Gasteiger charge is -2.07. The lowest BCUT2D eigenvalue weighted by molar-refractivity contribution is 1.21. The van der Waals surface area contributed by atoms with Gasteiger partial charge in [-0.25, -0.2) is 4.98 Å². The van der Waals surface area contributed by atoms with Gasteiger partial charge in [0, 0.05) is 17.3 Å². The largest absolute Gasteiger partial charge is 0.298 e. The number of hydrogen-bond donors (Lipinski definition) is 0. The normalized spacial score (nSPS) is 11.2. The average Bonchev–Trinajstić information content (AvgIpc) is 3.06. The van der Waals surface area contributed by atoms with E-state index in [1.807, 2.05) is 12.1 Å². The van der Waals surface area contributed by atoms with E-state index in [2.05, 4.69) is 89.5 Å². The second-order valence-electron chi connectivity index (χ2n) is 6.17. The Kier molecular flexibility index (Phi) is 3.14. The highest BCUT2D eigenvalue weighted by atomic mass is 15.0. The topological polar surface area (TPSA) is 17.3 Å². The highest BCUT2D eigenvalue weighted by Gasteiger charge is 2.16. The number of hydrogen-bond acceptors (Lipinski definition) is 1. The van der Waals surface area contributed by atoms with E-state index < -0.39 is 0 Å². The number of benzene rings is 3. The smallest absolute Gasteiger partial charge is 0.138 e. The summed E-state index contributed by atoms with van der Waals surface area (Å²) in [4.78, 5) is 4.97. The zero-order chi connectivity index (χ0) is 16.6. The van der Waals surface area contributed by atoms with E-state index in [1.165, 1.54) is 16.3 Å². The molecule has 5 aromatic rings. The molecule has 2 heterocycles. The Morgan fingerprint density at radius 2 is 1.20 bits per heavy atom. The first-order chi connectivity index (χ1) is 12.4. The molecule has 2 aromatic heterocycles. The van der Waals surface area contributed by atoms with Crippen molar-refractivity contribution in [2.45, 2.75) is 0 Å². The number of nitrogens with zero attached hydrogens (tertiary/aromatic N) is 2. The van der Waals surface area contributed by atoms with Gasteiger partial charge in [0.2, 0.25) is 0 Å². The van der Waals surface area contributed by atoms with Crippen molar-refractivity contribution < 1.29 is 0 Å². The van der Waals surface area contributed by atoms with E-state index in [9.17, 15) is 0 Å². The Balaban J connectivity index is 1.90.